The highest BCUT2D eigenvalue weighted by molar-refractivity contribution is 5.90. The lowest BCUT2D eigenvalue weighted by atomic mass is 9.90. The molecule has 0 bridgehead atoms. The van der Waals surface area contributed by atoms with Crippen molar-refractivity contribution in [2.45, 2.75) is 51.1 Å². The van der Waals surface area contributed by atoms with E-state index in [-0.39, 0.29) is 23.9 Å². The van der Waals surface area contributed by atoms with Gasteiger partial charge in [-0.3, -0.25) is 9.59 Å². The summed E-state index contributed by atoms with van der Waals surface area (Å²) in [5.41, 5.74) is 0. The molecule has 0 aromatic carbocycles. The fourth-order valence-corrected chi connectivity index (χ4v) is 2.75. The van der Waals surface area contributed by atoms with Gasteiger partial charge in [-0.2, -0.15) is 0 Å². The summed E-state index contributed by atoms with van der Waals surface area (Å²) >= 11 is 0. The number of nitrogens with one attached hydrogen (secondary N) is 3. The number of carbonyl (C=O) groups is 2. The Kier molecular flexibility index (Phi) is 4.58. The van der Waals surface area contributed by atoms with E-state index in [0.29, 0.717) is 5.92 Å². The fourth-order valence-electron chi connectivity index (χ4n) is 2.75. The summed E-state index contributed by atoms with van der Waals surface area (Å²) in [6.07, 6.45) is 4.84. The molecule has 5 nitrogen and oxygen atoms in total. The van der Waals surface area contributed by atoms with E-state index in [1.165, 1.54) is 0 Å². The molecule has 2 aliphatic heterocycles. The Bertz CT molecular complexity index is 319. The standard InChI is InChI=1S/C13H23N3O2/c1-2-9-5-7-14-11(8-9)13(18)16-10-4-3-6-15-12(10)17/h9-11,14H,2-8H2,1H3,(H,15,17)(H,16,18). The molecule has 2 fully saturated rings. The summed E-state index contributed by atoms with van der Waals surface area (Å²) in [5, 5.41) is 8.90. The van der Waals surface area contributed by atoms with Gasteiger partial charge in [0, 0.05) is 6.54 Å². The quantitative estimate of drug-likeness (QED) is 0.671. The average Bonchev–Trinajstić information content (AvgIpc) is 2.41. The van der Waals surface area contributed by atoms with Gasteiger partial charge in [0.05, 0.1) is 6.04 Å². The monoisotopic (exact) mass is 253 g/mol. The Morgan fingerprint density at radius 2 is 2.22 bits per heavy atom. The van der Waals surface area contributed by atoms with E-state index in [1.807, 2.05) is 0 Å². The number of rotatable bonds is 3. The maximum Gasteiger partial charge on any atom is 0.242 e. The van der Waals surface area contributed by atoms with Crippen molar-refractivity contribution in [3.05, 3.63) is 0 Å². The van der Waals surface area contributed by atoms with Gasteiger partial charge in [0.1, 0.15) is 6.04 Å². The Morgan fingerprint density at radius 1 is 1.39 bits per heavy atom. The van der Waals surface area contributed by atoms with Gasteiger partial charge < -0.3 is 16.0 Å². The number of hydrogen-bond acceptors (Lipinski definition) is 3. The van der Waals surface area contributed by atoms with Crippen LogP contribution in [0.25, 0.3) is 0 Å². The fraction of sp³-hybridized carbons (Fsp3) is 0.846. The van der Waals surface area contributed by atoms with Gasteiger partial charge in [0.25, 0.3) is 0 Å². The lowest BCUT2D eigenvalue weighted by Gasteiger charge is -2.31. The molecule has 5 heteroatoms. The third kappa shape index (κ3) is 3.22. The van der Waals surface area contributed by atoms with Crippen LogP contribution >= 0.6 is 0 Å². The topological polar surface area (TPSA) is 70.2 Å². The van der Waals surface area contributed by atoms with E-state index < -0.39 is 0 Å². The number of amides is 2. The van der Waals surface area contributed by atoms with Crippen molar-refractivity contribution >= 4 is 11.8 Å². The summed E-state index contributed by atoms with van der Waals surface area (Å²) in [4.78, 5) is 23.7. The summed E-state index contributed by atoms with van der Waals surface area (Å²) in [7, 11) is 0. The zero-order valence-corrected chi connectivity index (χ0v) is 11.0. The second kappa shape index (κ2) is 6.18. The summed E-state index contributed by atoms with van der Waals surface area (Å²) in [6.45, 7) is 3.79. The largest absolute Gasteiger partial charge is 0.354 e. The zero-order chi connectivity index (χ0) is 13.0. The number of hydrogen-bond donors (Lipinski definition) is 3. The molecular weight excluding hydrogens is 230 g/mol. The molecular formula is C13H23N3O2. The van der Waals surface area contributed by atoms with E-state index in [4.69, 9.17) is 0 Å². The molecule has 2 aliphatic rings. The molecule has 0 saturated carbocycles. The van der Waals surface area contributed by atoms with E-state index in [2.05, 4.69) is 22.9 Å². The lowest BCUT2D eigenvalue weighted by molar-refractivity contribution is -0.131. The molecule has 0 aromatic rings. The van der Waals surface area contributed by atoms with Crippen molar-refractivity contribution in [1.82, 2.24) is 16.0 Å². The molecule has 0 radical (unpaired) electrons. The predicted molar refractivity (Wildman–Crippen MR) is 69.0 cm³/mol. The van der Waals surface area contributed by atoms with Gasteiger partial charge in [0.2, 0.25) is 11.8 Å². The molecule has 2 saturated heterocycles. The molecule has 3 N–H and O–H groups in total. The van der Waals surface area contributed by atoms with Crippen LogP contribution in [0, 0.1) is 5.92 Å². The van der Waals surface area contributed by atoms with Crippen LogP contribution in [0.2, 0.25) is 0 Å². The molecule has 0 spiro atoms. The molecule has 2 amide bonds. The summed E-state index contributed by atoms with van der Waals surface area (Å²) in [5.74, 6) is 0.565. The van der Waals surface area contributed by atoms with Crippen molar-refractivity contribution in [2.24, 2.45) is 5.92 Å². The second-order valence-electron chi connectivity index (χ2n) is 5.30. The van der Waals surface area contributed by atoms with Crippen molar-refractivity contribution in [3.8, 4) is 0 Å². The molecule has 2 rings (SSSR count). The highest BCUT2D eigenvalue weighted by atomic mass is 16.2. The van der Waals surface area contributed by atoms with Crippen molar-refractivity contribution in [3.63, 3.8) is 0 Å². The van der Waals surface area contributed by atoms with E-state index in [9.17, 15) is 9.59 Å². The van der Waals surface area contributed by atoms with Gasteiger partial charge in [-0.15, -0.1) is 0 Å². The molecule has 2 heterocycles. The SMILES string of the molecule is CCC1CCNC(C(=O)NC2CCCNC2=O)C1. The average molecular weight is 253 g/mol. The minimum absolute atomic E-state index is 0.0183. The van der Waals surface area contributed by atoms with E-state index in [0.717, 1.165) is 45.2 Å². The molecule has 18 heavy (non-hydrogen) atoms. The first-order valence-electron chi connectivity index (χ1n) is 7.02. The van der Waals surface area contributed by atoms with Crippen LogP contribution in [0.5, 0.6) is 0 Å². The van der Waals surface area contributed by atoms with Crippen molar-refractivity contribution in [2.75, 3.05) is 13.1 Å². The van der Waals surface area contributed by atoms with E-state index in [1.54, 1.807) is 0 Å². The van der Waals surface area contributed by atoms with Gasteiger partial charge in [-0.25, -0.2) is 0 Å². The number of piperidine rings is 2. The Balaban J connectivity index is 1.85. The van der Waals surface area contributed by atoms with Crippen LogP contribution < -0.4 is 16.0 Å². The maximum atomic E-state index is 12.1. The van der Waals surface area contributed by atoms with Crippen LogP contribution in [0.15, 0.2) is 0 Å². The van der Waals surface area contributed by atoms with Crippen LogP contribution in [0.3, 0.4) is 0 Å². The highest BCUT2D eigenvalue weighted by Crippen LogP contribution is 2.19. The lowest BCUT2D eigenvalue weighted by Crippen LogP contribution is -2.56. The summed E-state index contributed by atoms with van der Waals surface area (Å²) < 4.78 is 0. The Hall–Kier alpha value is -1.10. The smallest absolute Gasteiger partial charge is 0.242 e. The molecule has 0 aromatic heterocycles. The van der Waals surface area contributed by atoms with Crippen molar-refractivity contribution in [1.29, 1.82) is 0 Å². The third-order valence-electron chi connectivity index (χ3n) is 4.01. The van der Waals surface area contributed by atoms with Gasteiger partial charge >= 0.3 is 0 Å². The Labute approximate surface area is 108 Å². The summed E-state index contributed by atoms with van der Waals surface area (Å²) in [6, 6.07) is -0.464. The first kappa shape index (κ1) is 13.3. The number of carbonyl (C=O) groups excluding carboxylic acids is 2. The third-order valence-corrected chi connectivity index (χ3v) is 4.01. The van der Waals surface area contributed by atoms with Crippen LogP contribution in [-0.2, 0) is 9.59 Å². The van der Waals surface area contributed by atoms with Crippen molar-refractivity contribution < 1.29 is 9.59 Å². The molecule has 3 unspecified atom stereocenters. The molecule has 0 aliphatic carbocycles. The van der Waals surface area contributed by atoms with Gasteiger partial charge in [-0.1, -0.05) is 13.3 Å². The normalized spacial score (nSPS) is 32.7. The predicted octanol–water partition coefficient (Wildman–Crippen LogP) is 0.159. The Morgan fingerprint density at radius 3 is 2.94 bits per heavy atom. The zero-order valence-electron chi connectivity index (χ0n) is 11.0. The van der Waals surface area contributed by atoms with E-state index >= 15 is 0 Å². The first-order valence-corrected chi connectivity index (χ1v) is 7.02. The van der Waals surface area contributed by atoms with Crippen LogP contribution in [-0.4, -0.2) is 37.0 Å². The minimum atomic E-state index is -0.338. The van der Waals surface area contributed by atoms with Gasteiger partial charge in [-0.05, 0) is 38.1 Å². The second-order valence-corrected chi connectivity index (χ2v) is 5.30. The van der Waals surface area contributed by atoms with Crippen LogP contribution in [0.4, 0.5) is 0 Å². The molecule has 102 valence electrons. The van der Waals surface area contributed by atoms with Gasteiger partial charge in [0.15, 0.2) is 0 Å². The minimum Gasteiger partial charge on any atom is -0.354 e. The maximum absolute atomic E-state index is 12.1. The first-order chi connectivity index (χ1) is 8.70. The molecule has 3 atom stereocenters. The highest BCUT2D eigenvalue weighted by Gasteiger charge is 2.30. The van der Waals surface area contributed by atoms with Crippen LogP contribution in [0.1, 0.15) is 39.0 Å².